The summed E-state index contributed by atoms with van der Waals surface area (Å²) in [4.78, 5) is 22.5. The Morgan fingerprint density at radius 2 is 1.93 bits per heavy atom. The van der Waals surface area contributed by atoms with Gasteiger partial charge < -0.3 is 4.90 Å². The van der Waals surface area contributed by atoms with E-state index in [-0.39, 0.29) is 11.7 Å². The summed E-state index contributed by atoms with van der Waals surface area (Å²) in [5, 5.41) is 3.11. The molecule has 0 atom stereocenters. The first-order valence-electron chi connectivity index (χ1n) is 9.14. The number of rotatable bonds is 7. The number of nitrogens with zero attached hydrogens (tertiary/aromatic N) is 3. The Bertz CT molecular complexity index is 919. The first-order valence-corrected chi connectivity index (χ1v) is 13.1. The van der Waals surface area contributed by atoms with E-state index in [0.29, 0.717) is 32.7 Å². The van der Waals surface area contributed by atoms with Crippen LogP contribution in [0.5, 0.6) is 0 Å². The fourth-order valence-corrected chi connectivity index (χ4v) is 5.28. The maximum Gasteiger partial charge on any atom is 0.255 e. The molecule has 1 aromatic heterocycles. The van der Waals surface area contributed by atoms with Crippen LogP contribution in [-0.4, -0.2) is 73.8 Å². The van der Waals surface area contributed by atoms with E-state index in [9.17, 15) is 13.2 Å². The van der Waals surface area contributed by atoms with Crippen molar-refractivity contribution in [2.75, 3.05) is 44.7 Å². The van der Waals surface area contributed by atoms with Crippen molar-refractivity contribution in [2.45, 2.75) is 17.6 Å². The molecule has 0 aliphatic carbocycles. The standard InChI is InChI=1S/C19H25N3O3S3/c1-15-20-16(13-26-15)14-27-18-6-4-3-5-17(18)19(23)22-9-7-21(8-10-22)11-12-28(2,24)25/h3-6,13H,7-12,14H2,1-2H3. The molecule has 1 fully saturated rings. The highest BCUT2D eigenvalue weighted by atomic mass is 32.2. The zero-order valence-corrected chi connectivity index (χ0v) is 18.6. The van der Waals surface area contributed by atoms with E-state index in [2.05, 4.69) is 15.3 Å². The average Bonchev–Trinajstić information content (AvgIpc) is 3.09. The fourth-order valence-electron chi connectivity index (χ4n) is 3.04. The zero-order chi connectivity index (χ0) is 20.1. The lowest BCUT2D eigenvalue weighted by molar-refractivity contribution is 0.0640. The van der Waals surface area contributed by atoms with Crippen molar-refractivity contribution in [1.29, 1.82) is 0 Å². The molecule has 3 rings (SSSR count). The molecule has 1 aromatic carbocycles. The van der Waals surface area contributed by atoms with Crippen molar-refractivity contribution in [3.8, 4) is 0 Å². The number of aryl methyl sites for hydroxylation is 1. The molecule has 1 aliphatic heterocycles. The molecule has 1 saturated heterocycles. The SMILES string of the molecule is Cc1nc(CSc2ccccc2C(=O)N2CCN(CCS(C)(=O)=O)CC2)cs1. The molecule has 2 heterocycles. The Morgan fingerprint density at radius 3 is 2.57 bits per heavy atom. The van der Waals surface area contributed by atoms with Gasteiger partial charge in [-0.2, -0.15) is 0 Å². The van der Waals surface area contributed by atoms with Crippen LogP contribution in [0.3, 0.4) is 0 Å². The van der Waals surface area contributed by atoms with Gasteiger partial charge in [-0.3, -0.25) is 9.69 Å². The first-order chi connectivity index (χ1) is 13.3. The average molecular weight is 440 g/mol. The normalized spacial score (nSPS) is 15.7. The van der Waals surface area contributed by atoms with Gasteiger partial charge in [-0.15, -0.1) is 23.1 Å². The van der Waals surface area contributed by atoms with Crippen molar-refractivity contribution in [2.24, 2.45) is 0 Å². The maximum atomic E-state index is 13.0. The molecule has 28 heavy (non-hydrogen) atoms. The van der Waals surface area contributed by atoms with Crippen molar-refractivity contribution in [3.63, 3.8) is 0 Å². The highest BCUT2D eigenvalue weighted by molar-refractivity contribution is 7.98. The number of hydrogen-bond acceptors (Lipinski definition) is 7. The van der Waals surface area contributed by atoms with Crippen molar-refractivity contribution in [1.82, 2.24) is 14.8 Å². The van der Waals surface area contributed by atoms with Crippen LogP contribution in [0.25, 0.3) is 0 Å². The number of piperazine rings is 1. The maximum absolute atomic E-state index is 13.0. The van der Waals surface area contributed by atoms with E-state index in [1.807, 2.05) is 36.1 Å². The first kappa shape index (κ1) is 21.3. The third-order valence-electron chi connectivity index (χ3n) is 4.60. The minimum absolute atomic E-state index is 0.0420. The van der Waals surface area contributed by atoms with Gasteiger partial charge >= 0.3 is 0 Å². The molecular formula is C19H25N3O3S3. The Morgan fingerprint density at radius 1 is 1.21 bits per heavy atom. The van der Waals surface area contributed by atoms with E-state index < -0.39 is 9.84 Å². The summed E-state index contributed by atoms with van der Waals surface area (Å²) >= 11 is 3.27. The summed E-state index contributed by atoms with van der Waals surface area (Å²) in [6.07, 6.45) is 1.26. The number of thiazole rings is 1. The van der Waals surface area contributed by atoms with Crippen LogP contribution < -0.4 is 0 Å². The summed E-state index contributed by atoms with van der Waals surface area (Å²) in [7, 11) is -2.96. The third-order valence-corrected chi connectivity index (χ3v) is 7.45. The quantitative estimate of drug-likeness (QED) is 0.618. The Labute approximate surface area is 174 Å². The molecular weight excluding hydrogens is 414 g/mol. The highest BCUT2D eigenvalue weighted by Gasteiger charge is 2.24. The van der Waals surface area contributed by atoms with E-state index in [0.717, 1.165) is 26.9 Å². The van der Waals surface area contributed by atoms with Crippen LogP contribution in [0.4, 0.5) is 0 Å². The van der Waals surface area contributed by atoms with Gasteiger partial charge in [-0.1, -0.05) is 12.1 Å². The largest absolute Gasteiger partial charge is 0.336 e. The third kappa shape index (κ3) is 6.04. The van der Waals surface area contributed by atoms with Crippen LogP contribution in [0.1, 0.15) is 21.1 Å². The molecule has 1 aliphatic rings. The fraction of sp³-hybridized carbons (Fsp3) is 0.474. The van der Waals surface area contributed by atoms with Gasteiger partial charge in [0.1, 0.15) is 9.84 Å². The van der Waals surface area contributed by atoms with Crippen LogP contribution in [0.2, 0.25) is 0 Å². The van der Waals surface area contributed by atoms with Gasteiger partial charge in [0.2, 0.25) is 0 Å². The number of amides is 1. The molecule has 2 aromatic rings. The molecule has 9 heteroatoms. The minimum Gasteiger partial charge on any atom is -0.336 e. The second-order valence-corrected chi connectivity index (χ2v) is 11.2. The second kappa shape index (κ2) is 9.39. The van der Waals surface area contributed by atoms with E-state index in [4.69, 9.17) is 0 Å². The monoisotopic (exact) mass is 439 g/mol. The lowest BCUT2D eigenvalue weighted by Crippen LogP contribution is -2.49. The zero-order valence-electron chi connectivity index (χ0n) is 16.1. The van der Waals surface area contributed by atoms with E-state index in [1.54, 1.807) is 23.1 Å². The predicted molar refractivity (Wildman–Crippen MR) is 115 cm³/mol. The molecule has 0 spiro atoms. The summed E-state index contributed by atoms with van der Waals surface area (Å²) in [6.45, 7) is 5.16. The number of carbonyl (C=O) groups excluding carboxylic acids is 1. The Balaban J connectivity index is 1.59. The van der Waals surface area contributed by atoms with Crippen LogP contribution in [-0.2, 0) is 15.6 Å². The summed E-state index contributed by atoms with van der Waals surface area (Å²) < 4.78 is 22.7. The van der Waals surface area contributed by atoms with Crippen molar-refractivity contribution in [3.05, 3.63) is 45.9 Å². The number of hydrogen-bond donors (Lipinski definition) is 0. The van der Waals surface area contributed by atoms with Gasteiger partial charge in [0.05, 0.1) is 22.0 Å². The molecule has 0 radical (unpaired) electrons. The highest BCUT2D eigenvalue weighted by Crippen LogP contribution is 2.28. The molecule has 1 amide bonds. The summed E-state index contributed by atoms with van der Waals surface area (Å²) in [6, 6.07) is 7.72. The van der Waals surface area contributed by atoms with Gasteiger partial charge in [-0.25, -0.2) is 13.4 Å². The number of carbonyl (C=O) groups is 1. The van der Waals surface area contributed by atoms with Gasteiger partial charge in [0.25, 0.3) is 5.91 Å². The van der Waals surface area contributed by atoms with E-state index in [1.165, 1.54) is 6.26 Å². The molecule has 0 unspecified atom stereocenters. The number of thioether (sulfide) groups is 1. The number of aromatic nitrogens is 1. The van der Waals surface area contributed by atoms with Crippen LogP contribution >= 0.6 is 23.1 Å². The smallest absolute Gasteiger partial charge is 0.255 e. The van der Waals surface area contributed by atoms with Crippen LogP contribution in [0.15, 0.2) is 34.5 Å². The molecule has 0 bridgehead atoms. The molecule has 0 N–H and O–H groups in total. The van der Waals surface area contributed by atoms with Gasteiger partial charge in [-0.05, 0) is 19.1 Å². The van der Waals surface area contributed by atoms with E-state index >= 15 is 0 Å². The summed E-state index contributed by atoms with van der Waals surface area (Å²) in [5.74, 6) is 0.949. The second-order valence-electron chi connectivity index (χ2n) is 6.91. The van der Waals surface area contributed by atoms with Crippen molar-refractivity contribution >= 4 is 38.8 Å². The minimum atomic E-state index is -2.96. The topological polar surface area (TPSA) is 70.6 Å². The molecule has 6 nitrogen and oxygen atoms in total. The molecule has 0 saturated carbocycles. The molecule has 152 valence electrons. The van der Waals surface area contributed by atoms with Crippen LogP contribution in [0, 0.1) is 6.92 Å². The number of sulfone groups is 1. The predicted octanol–water partition coefficient (Wildman–Crippen LogP) is 2.55. The van der Waals surface area contributed by atoms with Gasteiger partial charge in [0.15, 0.2) is 0 Å². The Kier molecular flexibility index (Phi) is 7.14. The van der Waals surface area contributed by atoms with Gasteiger partial charge in [0, 0.05) is 55.0 Å². The summed E-state index contributed by atoms with van der Waals surface area (Å²) in [5.41, 5.74) is 1.76. The lowest BCUT2D eigenvalue weighted by atomic mass is 10.2. The lowest BCUT2D eigenvalue weighted by Gasteiger charge is -2.34. The van der Waals surface area contributed by atoms with Crippen molar-refractivity contribution < 1.29 is 13.2 Å². The Hall–Kier alpha value is -1.42. The number of benzene rings is 1.